The third-order valence-electron chi connectivity index (χ3n) is 5.54. The highest BCUT2D eigenvalue weighted by Crippen LogP contribution is 2.26. The molecule has 0 fully saturated rings. The van der Waals surface area contributed by atoms with E-state index < -0.39 is 6.04 Å². The van der Waals surface area contributed by atoms with Gasteiger partial charge in [-0.15, -0.1) is 0 Å². The number of carbonyl (C=O) groups is 2. The summed E-state index contributed by atoms with van der Waals surface area (Å²) in [6.45, 7) is 2.19. The van der Waals surface area contributed by atoms with Crippen LogP contribution < -0.4 is 10.1 Å². The fourth-order valence-electron chi connectivity index (χ4n) is 3.61. The number of halogens is 2. The monoisotopic (exact) mass is 586 g/mol. The summed E-state index contributed by atoms with van der Waals surface area (Å²) in [6.07, 6.45) is 1.31. The minimum Gasteiger partial charge on any atom is -0.483 e. The van der Waals surface area contributed by atoms with E-state index in [1.165, 1.54) is 5.56 Å². The van der Waals surface area contributed by atoms with Gasteiger partial charge in [-0.05, 0) is 63.3 Å². The summed E-state index contributed by atoms with van der Waals surface area (Å²) < 4.78 is 7.62. The van der Waals surface area contributed by atoms with Gasteiger partial charge in [0, 0.05) is 24.5 Å². The van der Waals surface area contributed by atoms with Crippen LogP contribution in [-0.4, -0.2) is 36.4 Å². The van der Waals surface area contributed by atoms with Crippen molar-refractivity contribution in [3.63, 3.8) is 0 Å². The molecule has 0 spiro atoms. The Hall–Kier alpha value is -2.64. The molecule has 0 saturated heterocycles. The first-order valence-electron chi connectivity index (χ1n) is 11.1. The first-order valence-corrected chi connectivity index (χ1v) is 12.7. The molecule has 0 aliphatic heterocycles. The zero-order valence-electron chi connectivity index (χ0n) is 19.3. The fourth-order valence-corrected chi connectivity index (χ4v) is 4.42. The summed E-state index contributed by atoms with van der Waals surface area (Å²) in [7, 11) is 1.59. The molecule has 3 rings (SSSR count). The number of amides is 2. The third kappa shape index (κ3) is 7.18. The Labute approximate surface area is 217 Å². The van der Waals surface area contributed by atoms with Crippen molar-refractivity contribution in [2.75, 3.05) is 13.7 Å². The summed E-state index contributed by atoms with van der Waals surface area (Å²) in [5, 5.41) is 2.72. The quantitative estimate of drug-likeness (QED) is 0.339. The van der Waals surface area contributed by atoms with E-state index in [1.54, 1.807) is 11.9 Å². The zero-order valence-corrected chi connectivity index (χ0v) is 22.4. The van der Waals surface area contributed by atoms with Crippen LogP contribution in [-0.2, 0) is 29.0 Å². The molecule has 0 heterocycles. The molecule has 0 aromatic heterocycles. The Bertz CT molecular complexity index is 1100. The highest BCUT2D eigenvalue weighted by molar-refractivity contribution is 9.10. The van der Waals surface area contributed by atoms with Crippen LogP contribution in [0.2, 0.25) is 0 Å². The predicted octanol–water partition coefficient (Wildman–Crippen LogP) is 5.54. The maximum Gasteiger partial charge on any atom is 0.261 e. The van der Waals surface area contributed by atoms with Crippen LogP contribution in [0.4, 0.5) is 0 Å². The standard InChI is InChI=1S/C27H28Br2N2O3/c1-3-19-11-14-25(23(29)15-19)34-18-26(32)31(17-21-9-12-22(28)13-10-21)24(27(33)30-2)16-20-7-5-4-6-8-20/h4-15,24H,3,16-18H2,1-2H3,(H,30,33)/t24-/m0/s1. The van der Waals surface area contributed by atoms with E-state index >= 15 is 0 Å². The minimum atomic E-state index is -0.682. The maximum absolute atomic E-state index is 13.5. The second-order valence-corrected chi connectivity index (χ2v) is 9.64. The van der Waals surface area contributed by atoms with Gasteiger partial charge in [-0.3, -0.25) is 9.59 Å². The summed E-state index contributed by atoms with van der Waals surface area (Å²) in [5.74, 6) is 0.107. The molecule has 3 aromatic carbocycles. The Morgan fingerprint density at radius 2 is 1.62 bits per heavy atom. The number of hydrogen-bond donors (Lipinski definition) is 1. The number of benzene rings is 3. The molecular formula is C27H28Br2N2O3. The largest absolute Gasteiger partial charge is 0.483 e. The van der Waals surface area contributed by atoms with E-state index in [0.29, 0.717) is 12.2 Å². The van der Waals surface area contributed by atoms with Crippen molar-refractivity contribution in [3.8, 4) is 5.75 Å². The molecule has 1 atom stereocenters. The van der Waals surface area contributed by atoms with Crippen molar-refractivity contribution < 1.29 is 14.3 Å². The number of nitrogens with zero attached hydrogens (tertiary/aromatic N) is 1. The molecule has 0 bridgehead atoms. The van der Waals surface area contributed by atoms with E-state index in [1.807, 2.05) is 72.8 Å². The van der Waals surface area contributed by atoms with Crippen molar-refractivity contribution in [1.29, 1.82) is 0 Å². The summed E-state index contributed by atoms with van der Waals surface area (Å²) in [4.78, 5) is 28.0. The number of hydrogen-bond acceptors (Lipinski definition) is 3. The normalized spacial score (nSPS) is 11.5. The van der Waals surface area contributed by atoms with Gasteiger partial charge >= 0.3 is 0 Å². The average Bonchev–Trinajstić information content (AvgIpc) is 2.86. The lowest BCUT2D eigenvalue weighted by molar-refractivity contribution is -0.142. The number of carbonyl (C=O) groups excluding carboxylic acids is 2. The van der Waals surface area contributed by atoms with Crippen LogP contribution >= 0.6 is 31.9 Å². The lowest BCUT2D eigenvalue weighted by atomic mass is 10.0. The summed E-state index contributed by atoms with van der Waals surface area (Å²) in [5.41, 5.74) is 3.07. The summed E-state index contributed by atoms with van der Waals surface area (Å²) in [6, 6.07) is 22.6. The fraction of sp³-hybridized carbons (Fsp3) is 0.259. The summed E-state index contributed by atoms with van der Waals surface area (Å²) >= 11 is 6.97. The number of nitrogens with one attached hydrogen (secondary N) is 1. The molecule has 0 unspecified atom stereocenters. The SMILES string of the molecule is CCc1ccc(OCC(=O)N(Cc2ccc(Br)cc2)[C@@H](Cc2ccccc2)C(=O)NC)c(Br)c1. The van der Waals surface area contributed by atoms with Crippen molar-refractivity contribution in [1.82, 2.24) is 10.2 Å². The van der Waals surface area contributed by atoms with Crippen LogP contribution in [0.3, 0.4) is 0 Å². The smallest absolute Gasteiger partial charge is 0.261 e. The van der Waals surface area contributed by atoms with Gasteiger partial charge in [0.15, 0.2) is 6.61 Å². The average molecular weight is 588 g/mol. The van der Waals surface area contributed by atoms with E-state index in [2.05, 4.69) is 44.1 Å². The van der Waals surface area contributed by atoms with E-state index in [-0.39, 0.29) is 25.0 Å². The van der Waals surface area contributed by atoms with E-state index in [9.17, 15) is 9.59 Å². The predicted molar refractivity (Wildman–Crippen MR) is 142 cm³/mol. The van der Waals surface area contributed by atoms with Crippen molar-refractivity contribution in [2.45, 2.75) is 32.4 Å². The van der Waals surface area contributed by atoms with Gasteiger partial charge in [-0.25, -0.2) is 0 Å². The van der Waals surface area contributed by atoms with Crippen LogP contribution in [0.1, 0.15) is 23.6 Å². The van der Waals surface area contributed by atoms with Gasteiger partial charge in [-0.1, -0.05) is 71.4 Å². The van der Waals surface area contributed by atoms with Crippen LogP contribution in [0.5, 0.6) is 5.75 Å². The van der Waals surface area contributed by atoms with E-state index in [0.717, 1.165) is 26.5 Å². The van der Waals surface area contributed by atoms with Crippen LogP contribution in [0.25, 0.3) is 0 Å². The van der Waals surface area contributed by atoms with Gasteiger partial charge in [-0.2, -0.15) is 0 Å². The first kappa shape index (κ1) is 26.0. The van der Waals surface area contributed by atoms with Crippen molar-refractivity contribution >= 4 is 43.7 Å². The molecule has 7 heteroatoms. The minimum absolute atomic E-state index is 0.178. The zero-order chi connectivity index (χ0) is 24.5. The molecule has 178 valence electrons. The highest BCUT2D eigenvalue weighted by atomic mass is 79.9. The van der Waals surface area contributed by atoms with Gasteiger partial charge in [0.25, 0.3) is 5.91 Å². The molecule has 5 nitrogen and oxygen atoms in total. The van der Waals surface area contributed by atoms with Gasteiger partial charge in [0.2, 0.25) is 5.91 Å². The molecule has 0 aliphatic carbocycles. The molecular weight excluding hydrogens is 560 g/mol. The molecule has 3 aromatic rings. The van der Waals surface area contributed by atoms with Gasteiger partial charge < -0.3 is 15.0 Å². The van der Waals surface area contributed by atoms with Crippen LogP contribution in [0.15, 0.2) is 81.7 Å². The number of ether oxygens (including phenoxy) is 1. The third-order valence-corrected chi connectivity index (χ3v) is 6.69. The lowest BCUT2D eigenvalue weighted by Crippen LogP contribution is -2.51. The maximum atomic E-state index is 13.5. The van der Waals surface area contributed by atoms with Crippen LogP contribution in [0, 0.1) is 0 Å². The molecule has 0 radical (unpaired) electrons. The molecule has 2 amide bonds. The number of aryl methyl sites for hydroxylation is 1. The molecule has 0 aliphatic rings. The molecule has 34 heavy (non-hydrogen) atoms. The second-order valence-electron chi connectivity index (χ2n) is 7.87. The van der Waals surface area contributed by atoms with Gasteiger partial charge in [0.1, 0.15) is 11.8 Å². The van der Waals surface area contributed by atoms with Crippen molar-refractivity contribution in [2.24, 2.45) is 0 Å². The lowest BCUT2D eigenvalue weighted by Gasteiger charge is -2.31. The Morgan fingerprint density at radius 1 is 0.941 bits per heavy atom. The Morgan fingerprint density at radius 3 is 2.24 bits per heavy atom. The topological polar surface area (TPSA) is 58.6 Å². The molecule has 0 saturated carbocycles. The number of rotatable bonds is 10. The Balaban J connectivity index is 1.86. The van der Waals surface area contributed by atoms with Gasteiger partial charge in [0.05, 0.1) is 4.47 Å². The first-order chi connectivity index (χ1) is 16.4. The second kappa shape index (κ2) is 12.7. The van der Waals surface area contributed by atoms with E-state index in [4.69, 9.17) is 4.74 Å². The molecule has 1 N–H and O–H groups in total. The van der Waals surface area contributed by atoms with Crippen molar-refractivity contribution in [3.05, 3.63) is 98.4 Å². The number of likely N-dealkylation sites (N-methyl/N-ethyl adjacent to an activating group) is 1. The highest BCUT2D eigenvalue weighted by Gasteiger charge is 2.30. The Kier molecular flexibility index (Phi) is 9.72.